The highest BCUT2D eigenvalue weighted by atomic mass is 35.5. The molecule has 0 radical (unpaired) electrons. The first-order chi connectivity index (χ1) is 21.1. The van der Waals surface area contributed by atoms with Crippen LogP contribution >= 0.6 is 11.6 Å². The number of ether oxygens (including phenoxy) is 4. The lowest BCUT2D eigenvalue weighted by atomic mass is 9.96. The van der Waals surface area contributed by atoms with Crippen LogP contribution in [0.15, 0.2) is 48.5 Å². The van der Waals surface area contributed by atoms with Gasteiger partial charge in [-0.2, -0.15) is 13.2 Å². The van der Waals surface area contributed by atoms with Crippen molar-refractivity contribution in [1.29, 1.82) is 0 Å². The van der Waals surface area contributed by atoms with Crippen LogP contribution in [0.3, 0.4) is 0 Å². The van der Waals surface area contributed by atoms with Crippen molar-refractivity contribution >= 4 is 17.6 Å². The average molecular weight is 634 g/mol. The van der Waals surface area contributed by atoms with E-state index in [1.165, 1.54) is 0 Å². The topological polar surface area (TPSA) is 77.5 Å². The van der Waals surface area contributed by atoms with E-state index < -0.39 is 24.6 Å². The third kappa shape index (κ3) is 7.90. The van der Waals surface area contributed by atoms with Crippen molar-refractivity contribution in [2.75, 3.05) is 26.4 Å². The van der Waals surface area contributed by atoms with Crippen LogP contribution in [0.2, 0.25) is 5.02 Å². The fourth-order valence-electron chi connectivity index (χ4n) is 5.60. The molecule has 0 unspecified atom stereocenters. The first kappa shape index (κ1) is 31.8. The van der Waals surface area contributed by atoms with Gasteiger partial charge in [-0.15, -0.1) is 0 Å². The molecule has 11 heteroatoms. The molecule has 236 valence electrons. The van der Waals surface area contributed by atoms with Gasteiger partial charge >= 0.3 is 12.1 Å². The van der Waals surface area contributed by atoms with E-state index in [1.54, 1.807) is 12.1 Å². The van der Waals surface area contributed by atoms with E-state index in [-0.39, 0.29) is 26.2 Å². The van der Waals surface area contributed by atoms with E-state index in [1.807, 2.05) is 48.2 Å². The molecule has 2 heterocycles. The second-order valence-corrected chi connectivity index (χ2v) is 11.4. The van der Waals surface area contributed by atoms with Crippen LogP contribution in [0.4, 0.5) is 13.2 Å². The van der Waals surface area contributed by atoms with Crippen molar-refractivity contribution < 1.29 is 42.0 Å². The maximum absolute atomic E-state index is 12.7. The standard InChI is InChI=1S/C33H35ClF3NO6/c1-21-23(6-4-7-25(21)22-9-10-28-31(17-22)43-15-14-42-28)20-44-30-18-29(41-13-5-11-33(35,36)37)24(16-26(30)34)19-38-12-3-2-8-27(38)32(39)40/h4,6-7,9-10,16-18,27H,2-3,5,8,11-15,19-20H2,1H3,(H,39,40)/t27-/m0/s1. The second kappa shape index (κ2) is 14.0. The van der Waals surface area contributed by atoms with E-state index in [9.17, 15) is 23.1 Å². The number of hydrogen-bond donors (Lipinski definition) is 1. The number of alkyl halides is 3. The molecule has 7 nitrogen and oxygen atoms in total. The summed E-state index contributed by atoms with van der Waals surface area (Å²) in [5.74, 6) is 1.15. The third-order valence-corrected chi connectivity index (χ3v) is 8.23. The zero-order chi connectivity index (χ0) is 31.3. The zero-order valence-corrected chi connectivity index (χ0v) is 25.2. The van der Waals surface area contributed by atoms with Gasteiger partial charge in [-0.05, 0) is 73.2 Å². The number of carboxylic acid groups (broad SMARTS) is 1. The lowest BCUT2D eigenvalue weighted by Gasteiger charge is -2.33. The smallest absolute Gasteiger partial charge is 0.389 e. The van der Waals surface area contributed by atoms with Gasteiger partial charge in [0.15, 0.2) is 11.5 Å². The van der Waals surface area contributed by atoms with Crippen LogP contribution in [0.25, 0.3) is 11.1 Å². The molecule has 44 heavy (non-hydrogen) atoms. The average Bonchev–Trinajstić information content (AvgIpc) is 2.99. The SMILES string of the molecule is Cc1c(COc2cc(OCCCC(F)(F)F)c(CN3CCCC[C@H]3C(=O)O)cc2Cl)cccc1-c1ccc2c(c1)OCCO2. The molecule has 1 saturated heterocycles. The highest BCUT2D eigenvalue weighted by Crippen LogP contribution is 2.38. The van der Waals surface area contributed by atoms with E-state index >= 15 is 0 Å². The van der Waals surface area contributed by atoms with Crippen molar-refractivity contribution in [3.63, 3.8) is 0 Å². The minimum absolute atomic E-state index is 0.160. The molecule has 1 atom stereocenters. The Labute approximate surface area is 259 Å². The molecule has 0 bridgehead atoms. The molecule has 1 N–H and O–H groups in total. The number of halogens is 4. The van der Waals surface area contributed by atoms with Crippen LogP contribution in [-0.2, 0) is 17.9 Å². The molecule has 0 spiro atoms. The summed E-state index contributed by atoms with van der Waals surface area (Å²) < 4.78 is 61.6. The Kier molecular flexibility index (Phi) is 10.1. The molecule has 3 aromatic carbocycles. The summed E-state index contributed by atoms with van der Waals surface area (Å²) in [7, 11) is 0. The lowest BCUT2D eigenvalue weighted by Crippen LogP contribution is -2.44. The first-order valence-electron chi connectivity index (χ1n) is 14.7. The third-order valence-electron chi connectivity index (χ3n) is 7.93. The first-order valence-corrected chi connectivity index (χ1v) is 15.1. The fourth-order valence-corrected chi connectivity index (χ4v) is 5.84. The molecular weight excluding hydrogens is 599 g/mol. The van der Waals surface area contributed by atoms with Crippen molar-refractivity contribution in [2.24, 2.45) is 0 Å². The Morgan fingerprint density at radius 2 is 1.82 bits per heavy atom. The number of fused-ring (bicyclic) bond motifs is 1. The minimum atomic E-state index is -4.28. The molecule has 3 aromatic rings. The van der Waals surface area contributed by atoms with Gasteiger partial charge in [0.2, 0.25) is 0 Å². The minimum Gasteiger partial charge on any atom is -0.493 e. The molecule has 2 aliphatic rings. The Balaban J connectivity index is 1.35. The van der Waals surface area contributed by atoms with Crippen LogP contribution in [-0.4, -0.2) is 54.6 Å². The van der Waals surface area contributed by atoms with E-state index in [0.29, 0.717) is 59.8 Å². The maximum atomic E-state index is 12.7. The summed E-state index contributed by atoms with van der Waals surface area (Å²) in [6, 6.07) is 14.3. The normalized spacial score (nSPS) is 16.9. The molecule has 0 aromatic heterocycles. The van der Waals surface area contributed by atoms with E-state index in [4.69, 9.17) is 30.5 Å². The number of aliphatic carboxylic acids is 1. The molecule has 5 rings (SSSR count). The number of carbonyl (C=O) groups is 1. The van der Waals surface area contributed by atoms with Gasteiger partial charge in [0.05, 0.1) is 11.6 Å². The number of likely N-dealkylation sites (tertiary alicyclic amines) is 1. The monoisotopic (exact) mass is 633 g/mol. The number of rotatable bonds is 11. The van der Waals surface area contributed by atoms with Crippen LogP contribution in [0, 0.1) is 6.92 Å². The van der Waals surface area contributed by atoms with Gasteiger partial charge in [-0.25, -0.2) is 0 Å². The summed E-state index contributed by atoms with van der Waals surface area (Å²) in [6.45, 7) is 3.86. The fraction of sp³-hybridized carbons (Fsp3) is 0.424. The molecule has 2 aliphatic heterocycles. The van der Waals surface area contributed by atoms with Gasteiger partial charge in [-0.3, -0.25) is 9.69 Å². The Morgan fingerprint density at radius 3 is 2.59 bits per heavy atom. The van der Waals surface area contributed by atoms with Crippen molar-refractivity contribution in [3.8, 4) is 34.1 Å². The van der Waals surface area contributed by atoms with Crippen molar-refractivity contribution in [3.05, 3.63) is 70.2 Å². The summed E-state index contributed by atoms with van der Waals surface area (Å²) in [5.41, 5.74) is 4.50. The predicted molar refractivity (Wildman–Crippen MR) is 160 cm³/mol. The zero-order valence-electron chi connectivity index (χ0n) is 24.4. The van der Waals surface area contributed by atoms with Crippen molar-refractivity contribution in [1.82, 2.24) is 4.90 Å². The van der Waals surface area contributed by atoms with E-state index in [2.05, 4.69) is 0 Å². The van der Waals surface area contributed by atoms with Gasteiger partial charge in [-0.1, -0.05) is 42.3 Å². The maximum Gasteiger partial charge on any atom is 0.389 e. The number of piperidine rings is 1. The molecule has 0 aliphatic carbocycles. The Bertz CT molecular complexity index is 1480. The predicted octanol–water partition coefficient (Wildman–Crippen LogP) is 7.83. The molecule has 1 fully saturated rings. The lowest BCUT2D eigenvalue weighted by molar-refractivity contribution is -0.144. The molecule has 0 amide bonds. The van der Waals surface area contributed by atoms with E-state index in [0.717, 1.165) is 35.1 Å². The van der Waals surface area contributed by atoms with Gasteiger partial charge < -0.3 is 24.1 Å². The summed E-state index contributed by atoms with van der Waals surface area (Å²) in [4.78, 5) is 13.7. The van der Waals surface area contributed by atoms with Gasteiger partial charge in [0, 0.05) is 24.6 Å². The quantitative estimate of drug-likeness (QED) is 0.216. The molecule has 0 saturated carbocycles. The van der Waals surface area contributed by atoms with Crippen LogP contribution in [0.1, 0.15) is 48.8 Å². The second-order valence-electron chi connectivity index (χ2n) is 11.0. The van der Waals surface area contributed by atoms with Gasteiger partial charge in [0.25, 0.3) is 0 Å². The highest BCUT2D eigenvalue weighted by Gasteiger charge is 2.30. The Morgan fingerprint density at radius 1 is 1.02 bits per heavy atom. The number of hydrogen-bond acceptors (Lipinski definition) is 6. The molecular formula is C33H35ClF3NO6. The van der Waals surface area contributed by atoms with Gasteiger partial charge in [0.1, 0.15) is 37.4 Å². The summed E-state index contributed by atoms with van der Waals surface area (Å²) in [5, 5.41) is 10.0. The largest absolute Gasteiger partial charge is 0.493 e. The van der Waals surface area contributed by atoms with Crippen molar-refractivity contribution in [2.45, 2.75) is 64.4 Å². The summed E-state index contributed by atoms with van der Waals surface area (Å²) >= 11 is 6.65. The van der Waals surface area contributed by atoms with Crippen LogP contribution in [0.5, 0.6) is 23.0 Å². The highest BCUT2D eigenvalue weighted by molar-refractivity contribution is 6.32. The number of carboxylic acids is 1. The van der Waals surface area contributed by atoms with Crippen LogP contribution < -0.4 is 18.9 Å². The Hall–Kier alpha value is -3.63. The number of nitrogens with zero attached hydrogens (tertiary/aromatic N) is 1. The number of benzene rings is 3. The summed E-state index contributed by atoms with van der Waals surface area (Å²) in [6.07, 6.45) is -3.27.